The summed E-state index contributed by atoms with van der Waals surface area (Å²) < 4.78 is 40.8. The zero-order valence-electron chi connectivity index (χ0n) is 12.4. The summed E-state index contributed by atoms with van der Waals surface area (Å²) in [6, 6.07) is 7.12. The summed E-state index contributed by atoms with van der Waals surface area (Å²) in [5.41, 5.74) is 1.02. The molecule has 1 aliphatic rings. The molecule has 0 aliphatic heterocycles. The van der Waals surface area contributed by atoms with Gasteiger partial charge in [0.15, 0.2) is 6.61 Å². The Morgan fingerprint density at radius 3 is 2.27 bits per heavy atom. The molecule has 1 aliphatic carbocycles. The molecule has 124 valence electrons. The van der Waals surface area contributed by atoms with Crippen LogP contribution in [0, 0.1) is 5.92 Å². The summed E-state index contributed by atoms with van der Waals surface area (Å²) in [5, 5.41) is 12.6. The Morgan fingerprint density at radius 2 is 1.73 bits per heavy atom. The molecule has 0 saturated heterocycles. The summed E-state index contributed by atoms with van der Waals surface area (Å²) in [4.78, 5) is 0. The Morgan fingerprint density at radius 1 is 1.09 bits per heavy atom. The van der Waals surface area contributed by atoms with Gasteiger partial charge >= 0.3 is 6.18 Å². The minimum atomic E-state index is -4.31. The predicted molar refractivity (Wildman–Crippen MR) is 77.7 cm³/mol. The second kappa shape index (κ2) is 7.83. The molecule has 0 radical (unpaired) electrons. The lowest BCUT2D eigenvalue weighted by Crippen LogP contribution is -2.33. The van der Waals surface area contributed by atoms with Crippen molar-refractivity contribution in [1.82, 2.24) is 5.32 Å². The van der Waals surface area contributed by atoms with Gasteiger partial charge in [-0.05, 0) is 49.3 Å². The largest absolute Gasteiger partial charge is 0.484 e. The topological polar surface area (TPSA) is 41.5 Å². The summed E-state index contributed by atoms with van der Waals surface area (Å²) >= 11 is 0. The fourth-order valence-electron chi connectivity index (χ4n) is 2.68. The van der Waals surface area contributed by atoms with Crippen LogP contribution < -0.4 is 10.1 Å². The molecule has 0 aromatic heterocycles. The van der Waals surface area contributed by atoms with Crippen LogP contribution in [0.25, 0.3) is 0 Å². The molecule has 0 atom stereocenters. The quantitative estimate of drug-likeness (QED) is 0.846. The molecular formula is C16H22F3NO2. The maximum absolute atomic E-state index is 12.0. The first-order valence-electron chi connectivity index (χ1n) is 7.59. The third-order valence-electron chi connectivity index (χ3n) is 4.03. The van der Waals surface area contributed by atoms with Crippen molar-refractivity contribution in [3.63, 3.8) is 0 Å². The molecule has 3 nitrogen and oxygen atoms in total. The van der Waals surface area contributed by atoms with Gasteiger partial charge in [-0.1, -0.05) is 12.1 Å². The number of hydrogen-bond donors (Lipinski definition) is 2. The van der Waals surface area contributed by atoms with Gasteiger partial charge in [0.1, 0.15) is 5.75 Å². The Kier molecular flexibility index (Phi) is 6.08. The summed E-state index contributed by atoms with van der Waals surface area (Å²) in [6.07, 6.45) is -0.125. The van der Waals surface area contributed by atoms with E-state index in [0.29, 0.717) is 18.5 Å². The van der Waals surface area contributed by atoms with Gasteiger partial charge in [0, 0.05) is 19.2 Å². The fourth-order valence-corrected chi connectivity index (χ4v) is 2.68. The molecule has 1 aromatic carbocycles. The number of halogens is 3. The highest BCUT2D eigenvalue weighted by Crippen LogP contribution is 2.24. The molecule has 6 heteroatoms. The zero-order valence-corrected chi connectivity index (χ0v) is 12.4. The highest BCUT2D eigenvalue weighted by Gasteiger charge is 2.28. The zero-order chi connectivity index (χ0) is 16.0. The van der Waals surface area contributed by atoms with E-state index in [2.05, 4.69) is 10.1 Å². The van der Waals surface area contributed by atoms with Gasteiger partial charge in [-0.25, -0.2) is 0 Å². The van der Waals surface area contributed by atoms with Crippen molar-refractivity contribution in [2.45, 2.75) is 44.4 Å². The minimum absolute atomic E-state index is 0.226. The van der Waals surface area contributed by atoms with Crippen LogP contribution in [0.2, 0.25) is 0 Å². The SMILES string of the molecule is OCC1CCC(NCc2ccc(OCC(F)(F)F)cc2)CC1. The average Bonchev–Trinajstić information content (AvgIpc) is 2.52. The molecule has 0 spiro atoms. The van der Waals surface area contributed by atoms with Crippen LogP contribution in [-0.2, 0) is 6.54 Å². The molecule has 22 heavy (non-hydrogen) atoms. The van der Waals surface area contributed by atoms with Gasteiger partial charge in [-0.15, -0.1) is 0 Å². The van der Waals surface area contributed by atoms with E-state index < -0.39 is 12.8 Å². The second-order valence-electron chi connectivity index (χ2n) is 5.83. The Bertz CT molecular complexity index is 440. The smallest absolute Gasteiger partial charge is 0.422 e. The molecule has 2 N–H and O–H groups in total. The number of alkyl halides is 3. The standard InChI is InChI=1S/C16H22F3NO2/c17-16(18,19)11-22-15-7-3-12(4-8-15)9-20-14-5-1-13(10-21)2-6-14/h3-4,7-8,13-14,20-21H,1-2,5-6,9-11H2. The average molecular weight is 317 g/mol. The lowest BCUT2D eigenvalue weighted by molar-refractivity contribution is -0.153. The first-order valence-corrected chi connectivity index (χ1v) is 7.59. The van der Waals surface area contributed by atoms with Crippen LogP contribution >= 0.6 is 0 Å². The molecule has 0 amide bonds. The fraction of sp³-hybridized carbons (Fsp3) is 0.625. The van der Waals surface area contributed by atoms with Crippen molar-refractivity contribution in [2.24, 2.45) is 5.92 Å². The van der Waals surface area contributed by atoms with Crippen molar-refractivity contribution in [3.05, 3.63) is 29.8 Å². The lowest BCUT2D eigenvalue weighted by Gasteiger charge is -2.28. The van der Waals surface area contributed by atoms with E-state index in [0.717, 1.165) is 31.2 Å². The normalized spacial score (nSPS) is 22.5. The van der Waals surface area contributed by atoms with E-state index in [1.54, 1.807) is 24.3 Å². The van der Waals surface area contributed by atoms with Gasteiger partial charge in [0.2, 0.25) is 0 Å². The molecule has 0 heterocycles. The highest BCUT2D eigenvalue weighted by molar-refractivity contribution is 5.27. The maximum Gasteiger partial charge on any atom is 0.422 e. The van der Waals surface area contributed by atoms with E-state index in [-0.39, 0.29) is 12.4 Å². The molecule has 1 fully saturated rings. The van der Waals surface area contributed by atoms with E-state index in [1.165, 1.54) is 0 Å². The van der Waals surface area contributed by atoms with Crippen LogP contribution in [0.1, 0.15) is 31.2 Å². The third kappa shape index (κ3) is 5.85. The lowest BCUT2D eigenvalue weighted by atomic mass is 9.86. The van der Waals surface area contributed by atoms with Crippen LogP contribution in [0.3, 0.4) is 0 Å². The van der Waals surface area contributed by atoms with Gasteiger partial charge in [0.05, 0.1) is 0 Å². The number of nitrogens with one attached hydrogen (secondary N) is 1. The van der Waals surface area contributed by atoms with Crippen molar-refractivity contribution >= 4 is 0 Å². The maximum atomic E-state index is 12.0. The number of aliphatic hydroxyl groups excluding tert-OH is 1. The minimum Gasteiger partial charge on any atom is -0.484 e. The number of rotatable bonds is 6. The van der Waals surface area contributed by atoms with Crippen LogP contribution in [0.4, 0.5) is 13.2 Å². The first-order chi connectivity index (χ1) is 10.5. The van der Waals surface area contributed by atoms with Crippen molar-refractivity contribution in [1.29, 1.82) is 0 Å². The van der Waals surface area contributed by atoms with Crippen LogP contribution in [0.5, 0.6) is 5.75 Å². The summed E-state index contributed by atoms with van der Waals surface area (Å²) in [7, 11) is 0. The molecule has 0 unspecified atom stereocenters. The molecular weight excluding hydrogens is 295 g/mol. The van der Waals surface area contributed by atoms with E-state index in [4.69, 9.17) is 5.11 Å². The van der Waals surface area contributed by atoms with E-state index in [9.17, 15) is 13.2 Å². The molecule has 2 rings (SSSR count). The first kappa shape index (κ1) is 17.1. The third-order valence-corrected chi connectivity index (χ3v) is 4.03. The van der Waals surface area contributed by atoms with Crippen LogP contribution in [0.15, 0.2) is 24.3 Å². The molecule has 0 bridgehead atoms. The van der Waals surface area contributed by atoms with Crippen LogP contribution in [-0.4, -0.2) is 30.5 Å². The molecule has 1 aromatic rings. The van der Waals surface area contributed by atoms with Crippen molar-refractivity contribution in [3.8, 4) is 5.75 Å². The number of aliphatic hydroxyl groups is 1. The van der Waals surface area contributed by atoms with Gasteiger partial charge < -0.3 is 15.2 Å². The van der Waals surface area contributed by atoms with Gasteiger partial charge in [-0.3, -0.25) is 0 Å². The van der Waals surface area contributed by atoms with Crippen molar-refractivity contribution < 1.29 is 23.0 Å². The Balaban J connectivity index is 1.72. The Labute approximate surface area is 128 Å². The number of benzene rings is 1. The highest BCUT2D eigenvalue weighted by atomic mass is 19.4. The number of hydrogen-bond acceptors (Lipinski definition) is 3. The Hall–Kier alpha value is -1.27. The summed E-state index contributed by atoms with van der Waals surface area (Å²) in [6.45, 7) is -0.307. The summed E-state index contributed by atoms with van der Waals surface area (Å²) in [5.74, 6) is 0.660. The van der Waals surface area contributed by atoms with Gasteiger partial charge in [-0.2, -0.15) is 13.2 Å². The van der Waals surface area contributed by atoms with Gasteiger partial charge in [0.25, 0.3) is 0 Å². The van der Waals surface area contributed by atoms with E-state index in [1.807, 2.05) is 0 Å². The van der Waals surface area contributed by atoms with Crippen molar-refractivity contribution in [2.75, 3.05) is 13.2 Å². The molecule has 1 saturated carbocycles. The number of ether oxygens (including phenoxy) is 1. The second-order valence-corrected chi connectivity index (χ2v) is 5.83. The predicted octanol–water partition coefficient (Wildman–Crippen LogP) is 3.27. The monoisotopic (exact) mass is 317 g/mol. The van der Waals surface area contributed by atoms with E-state index >= 15 is 0 Å².